The van der Waals surface area contributed by atoms with Gasteiger partial charge in [-0.25, -0.2) is 0 Å². The van der Waals surface area contributed by atoms with Crippen molar-refractivity contribution in [2.45, 2.75) is 38.6 Å². The number of carbonyl (C=O) groups is 1. The van der Waals surface area contributed by atoms with Crippen LogP contribution in [0.3, 0.4) is 0 Å². The van der Waals surface area contributed by atoms with Gasteiger partial charge >= 0.3 is 5.97 Å². The predicted octanol–water partition coefficient (Wildman–Crippen LogP) is 4.93. The van der Waals surface area contributed by atoms with E-state index in [-0.39, 0.29) is 12.5 Å². The van der Waals surface area contributed by atoms with Crippen LogP contribution in [0.2, 0.25) is 0 Å². The standard InChI is InChI=1S/C29H32O6S/c1-21-26(34-27(30)28(21,3)22(2)35-36(4,31)32)20-33-29(23-14-8-5-9-15-23,24-16-10-6-11-17-24)25-18-12-7-13-19-25/h5-19,21-22,26H,20H2,1-4H3/t21-,22?,26-,28-/m1/s1. The second-order valence-electron chi connectivity index (χ2n) is 9.55. The van der Waals surface area contributed by atoms with Crippen LogP contribution in [0.15, 0.2) is 91.0 Å². The molecular formula is C29H32O6S. The molecule has 6 nitrogen and oxygen atoms in total. The van der Waals surface area contributed by atoms with Gasteiger partial charge in [-0.15, -0.1) is 0 Å². The lowest BCUT2D eigenvalue weighted by Gasteiger charge is -2.37. The summed E-state index contributed by atoms with van der Waals surface area (Å²) < 4.78 is 41.3. The van der Waals surface area contributed by atoms with Crippen LogP contribution in [-0.4, -0.2) is 39.5 Å². The lowest BCUT2D eigenvalue weighted by atomic mass is 9.74. The maximum atomic E-state index is 13.0. The van der Waals surface area contributed by atoms with Gasteiger partial charge in [-0.1, -0.05) is 97.9 Å². The van der Waals surface area contributed by atoms with Crippen molar-refractivity contribution >= 4 is 16.1 Å². The fraction of sp³-hybridized carbons (Fsp3) is 0.345. The summed E-state index contributed by atoms with van der Waals surface area (Å²) in [4.78, 5) is 13.0. The summed E-state index contributed by atoms with van der Waals surface area (Å²) in [7, 11) is -3.75. The SMILES string of the molecule is CC(OS(C)(=O)=O)[C@]1(C)C(=O)O[C@H](COC(c2ccccc2)(c2ccccc2)c2ccccc2)[C@H]1C. The smallest absolute Gasteiger partial charge is 0.315 e. The number of cyclic esters (lactones) is 1. The number of rotatable bonds is 9. The Morgan fingerprint density at radius 2 is 1.31 bits per heavy atom. The molecule has 7 heteroatoms. The van der Waals surface area contributed by atoms with E-state index in [1.54, 1.807) is 13.8 Å². The van der Waals surface area contributed by atoms with Crippen LogP contribution in [0.4, 0.5) is 0 Å². The van der Waals surface area contributed by atoms with Crippen LogP contribution in [0.25, 0.3) is 0 Å². The van der Waals surface area contributed by atoms with Gasteiger partial charge in [-0.3, -0.25) is 8.98 Å². The van der Waals surface area contributed by atoms with Gasteiger partial charge in [0.1, 0.15) is 11.7 Å². The summed E-state index contributed by atoms with van der Waals surface area (Å²) >= 11 is 0. The third-order valence-electron chi connectivity index (χ3n) is 7.37. The van der Waals surface area contributed by atoms with Crippen molar-refractivity contribution in [1.29, 1.82) is 0 Å². The Bertz CT molecular complexity index is 1180. The van der Waals surface area contributed by atoms with E-state index in [4.69, 9.17) is 13.7 Å². The Morgan fingerprint density at radius 3 is 1.69 bits per heavy atom. The highest BCUT2D eigenvalue weighted by Gasteiger charge is 2.57. The molecule has 0 aromatic heterocycles. The first-order valence-electron chi connectivity index (χ1n) is 12.0. The van der Waals surface area contributed by atoms with Crippen LogP contribution in [0.5, 0.6) is 0 Å². The highest BCUT2D eigenvalue weighted by atomic mass is 32.2. The molecule has 4 atom stereocenters. The van der Waals surface area contributed by atoms with Crippen molar-refractivity contribution in [2.75, 3.05) is 12.9 Å². The van der Waals surface area contributed by atoms with Gasteiger partial charge in [0.15, 0.2) is 0 Å². The Balaban J connectivity index is 1.73. The predicted molar refractivity (Wildman–Crippen MR) is 138 cm³/mol. The summed E-state index contributed by atoms with van der Waals surface area (Å²) in [5.74, 6) is -0.855. The molecular weight excluding hydrogens is 476 g/mol. The van der Waals surface area contributed by atoms with Crippen LogP contribution in [0.1, 0.15) is 37.5 Å². The van der Waals surface area contributed by atoms with Gasteiger partial charge in [-0.05, 0) is 30.5 Å². The monoisotopic (exact) mass is 508 g/mol. The maximum absolute atomic E-state index is 13.0. The van der Waals surface area contributed by atoms with E-state index < -0.39 is 39.3 Å². The van der Waals surface area contributed by atoms with Gasteiger partial charge in [0.05, 0.1) is 24.4 Å². The highest BCUT2D eigenvalue weighted by Crippen LogP contribution is 2.46. The fourth-order valence-corrected chi connectivity index (χ4v) is 5.72. The lowest BCUT2D eigenvalue weighted by Crippen LogP contribution is -2.43. The Kier molecular flexibility index (Phi) is 7.36. The third kappa shape index (κ3) is 4.83. The molecule has 190 valence electrons. The van der Waals surface area contributed by atoms with Gasteiger partial charge < -0.3 is 9.47 Å². The number of hydrogen-bond acceptors (Lipinski definition) is 6. The summed E-state index contributed by atoms with van der Waals surface area (Å²) in [5.41, 5.74) is 0.721. The number of benzene rings is 3. The van der Waals surface area contributed by atoms with Crippen molar-refractivity contribution in [2.24, 2.45) is 11.3 Å². The van der Waals surface area contributed by atoms with Crippen molar-refractivity contribution in [3.8, 4) is 0 Å². The molecule has 3 aromatic rings. The van der Waals surface area contributed by atoms with Crippen molar-refractivity contribution in [1.82, 2.24) is 0 Å². The van der Waals surface area contributed by atoms with E-state index in [1.165, 1.54) is 0 Å². The molecule has 1 aliphatic heterocycles. The maximum Gasteiger partial charge on any atom is 0.315 e. The average Bonchev–Trinajstić information content (AvgIpc) is 3.10. The zero-order valence-electron chi connectivity index (χ0n) is 21.0. The Labute approximate surface area is 213 Å². The molecule has 0 saturated carbocycles. The molecule has 0 bridgehead atoms. The van der Waals surface area contributed by atoms with Gasteiger partial charge in [0, 0.05) is 5.92 Å². The minimum Gasteiger partial charge on any atom is -0.459 e. The number of ether oxygens (including phenoxy) is 2. The van der Waals surface area contributed by atoms with E-state index in [1.807, 2.05) is 97.9 Å². The van der Waals surface area contributed by atoms with Crippen molar-refractivity contribution < 1.29 is 26.9 Å². The molecule has 1 aliphatic rings. The molecule has 0 spiro atoms. The van der Waals surface area contributed by atoms with E-state index in [0.717, 1.165) is 22.9 Å². The molecule has 0 amide bonds. The molecule has 1 saturated heterocycles. The minimum absolute atomic E-state index is 0.104. The van der Waals surface area contributed by atoms with Crippen molar-refractivity contribution in [3.63, 3.8) is 0 Å². The first-order valence-corrected chi connectivity index (χ1v) is 13.8. The number of hydrogen-bond donors (Lipinski definition) is 0. The first kappa shape index (κ1) is 26.1. The molecule has 36 heavy (non-hydrogen) atoms. The largest absolute Gasteiger partial charge is 0.459 e. The number of esters is 1. The summed E-state index contributed by atoms with van der Waals surface area (Å²) in [6, 6.07) is 29.8. The summed E-state index contributed by atoms with van der Waals surface area (Å²) in [5, 5.41) is 0. The molecule has 3 aromatic carbocycles. The Hall–Kier alpha value is -3.00. The van der Waals surface area contributed by atoms with E-state index in [9.17, 15) is 13.2 Å². The van der Waals surface area contributed by atoms with Gasteiger partial charge in [-0.2, -0.15) is 8.42 Å². The fourth-order valence-electron chi connectivity index (χ4n) is 4.99. The molecule has 0 aliphatic carbocycles. The van der Waals surface area contributed by atoms with Crippen molar-refractivity contribution in [3.05, 3.63) is 108 Å². The molecule has 1 heterocycles. The van der Waals surface area contributed by atoms with Crippen LogP contribution >= 0.6 is 0 Å². The number of carbonyl (C=O) groups excluding carboxylic acids is 1. The van der Waals surface area contributed by atoms with Gasteiger partial charge in [0.25, 0.3) is 10.1 Å². The normalized spacial score (nSPS) is 23.3. The molecule has 0 N–H and O–H groups in total. The van der Waals surface area contributed by atoms with Crippen LogP contribution in [0, 0.1) is 11.3 Å². The van der Waals surface area contributed by atoms with E-state index in [0.29, 0.717) is 0 Å². The second-order valence-corrected chi connectivity index (χ2v) is 11.1. The summed E-state index contributed by atoms with van der Waals surface area (Å²) in [6.07, 6.45) is -0.502. The zero-order chi connectivity index (χ0) is 26.0. The molecule has 4 rings (SSSR count). The molecule has 1 unspecified atom stereocenters. The zero-order valence-corrected chi connectivity index (χ0v) is 21.8. The molecule has 1 fully saturated rings. The Morgan fingerprint density at radius 1 is 0.889 bits per heavy atom. The lowest BCUT2D eigenvalue weighted by molar-refractivity contribution is -0.153. The van der Waals surface area contributed by atoms with E-state index >= 15 is 0 Å². The van der Waals surface area contributed by atoms with Crippen LogP contribution in [-0.2, 0) is 34.2 Å². The van der Waals surface area contributed by atoms with E-state index in [2.05, 4.69) is 0 Å². The first-order chi connectivity index (χ1) is 17.1. The van der Waals surface area contributed by atoms with Gasteiger partial charge in [0.2, 0.25) is 0 Å². The molecule has 0 radical (unpaired) electrons. The van der Waals surface area contributed by atoms with Crippen LogP contribution < -0.4 is 0 Å². The second kappa shape index (κ2) is 10.2. The topological polar surface area (TPSA) is 78.9 Å². The highest BCUT2D eigenvalue weighted by molar-refractivity contribution is 7.86. The summed E-state index contributed by atoms with van der Waals surface area (Å²) in [6.45, 7) is 5.25. The minimum atomic E-state index is -3.75. The third-order valence-corrected chi connectivity index (χ3v) is 8.01. The average molecular weight is 509 g/mol. The quantitative estimate of drug-likeness (QED) is 0.232.